The minimum atomic E-state index is -0.367. The van der Waals surface area contributed by atoms with Crippen molar-refractivity contribution in [3.05, 3.63) is 47.5 Å². The van der Waals surface area contributed by atoms with Crippen molar-refractivity contribution in [2.45, 2.75) is 70.7 Å². The Morgan fingerprint density at radius 3 is 2.63 bits per heavy atom. The third-order valence-corrected chi connectivity index (χ3v) is 8.24. The third-order valence-electron chi connectivity index (χ3n) is 8.24. The average molecular weight is 567 g/mol. The third kappa shape index (κ3) is 7.05. The summed E-state index contributed by atoms with van der Waals surface area (Å²) in [5.74, 6) is 1.75. The van der Waals surface area contributed by atoms with E-state index >= 15 is 0 Å². The normalized spacial score (nSPS) is 21.5. The molecule has 3 amide bonds. The van der Waals surface area contributed by atoms with E-state index in [0.29, 0.717) is 36.6 Å². The van der Waals surface area contributed by atoms with Crippen LogP contribution in [0.15, 0.2) is 36.4 Å². The van der Waals surface area contributed by atoms with Crippen LogP contribution in [0.5, 0.6) is 17.2 Å². The first kappa shape index (κ1) is 29.0. The maximum absolute atomic E-state index is 13.7. The van der Waals surface area contributed by atoms with Crippen molar-refractivity contribution in [1.82, 2.24) is 15.1 Å². The van der Waals surface area contributed by atoms with Crippen LogP contribution >= 0.6 is 0 Å². The number of nitrogens with zero attached hydrogens (tertiary/aromatic N) is 2. The van der Waals surface area contributed by atoms with Crippen LogP contribution in [0.25, 0.3) is 0 Å². The van der Waals surface area contributed by atoms with Crippen LogP contribution in [0.1, 0.15) is 61.9 Å². The minimum Gasteiger partial charge on any atom is -0.488 e. The molecule has 3 aliphatic rings. The number of likely N-dealkylation sites (N-methyl/N-ethyl adjacent to an activating group) is 1. The summed E-state index contributed by atoms with van der Waals surface area (Å²) >= 11 is 0. The number of aliphatic hydroxyl groups is 1. The van der Waals surface area contributed by atoms with Gasteiger partial charge in [-0.3, -0.25) is 9.69 Å². The largest absolute Gasteiger partial charge is 0.488 e. The zero-order chi connectivity index (χ0) is 28.9. The molecule has 0 unspecified atom stereocenters. The molecule has 0 aromatic heterocycles. The van der Waals surface area contributed by atoms with Gasteiger partial charge in [-0.05, 0) is 62.7 Å². The Labute approximate surface area is 241 Å². The molecule has 3 atom stereocenters. The molecule has 2 aromatic carbocycles. The van der Waals surface area contributed by atoms with Crippen LogP contribution in [0.4, 0.5) is 10.5 Å². The van der Waals surface area contributed by atoms with E-state index in [9.17, 15) is 14.7 Å². The fourth-order valence-electron chi connectivity index (χ4n) is 5.84. The second kappa shape index (κ2) is 13.0. The van der Waals surface area contributed by atoms with Crippen LogP contribution in [0, 0.1) is 5.92 Å². The number of ether oxygens (including phenoxy) is 3. The summed E-state index contributed by atoms with van der Waals surface area (Å²) in [6.45, 7) is 5.74. The van der Waals surface area contributed by atoms with Crippen molar-refractivity contribution in [3.8, 4) is 17.2 Å². The van der Waals surface area contributed by atoms with E-state index in [-0.39, 0.29) is 49.4 Å². The topological polar surface area (TPSA) is 113 Å². The van der Waals surface area contributed by atoms with Crippen molar-refractivity contribution in [2.24, 2.45) is 5.92 Å². The molecule has 2 aliphatic heterocycles. The molecule has 1 fully saturated rings. The summed E-state index contributed by atoms with van der Waals surface area (Å²) in [7, 11) is 2.04. The molecule has 0 radical (unpaired) electrons. The Morgan fingerprint density at radius 2 is 1.85 bits per heavy atom. The van der Waals surface area contributed by atoms with E-state index in [1.165, 1.54) is 6.42 Å². The fourth-order valence-corrected chi connectivity index (χ4v) is 5.84. The number of anilines is 1. The molecule has 0 bridgehead atoms. The number of hydrogen-bond acceptors (Lipinski definition) is 7. The molecule has 2 aromatic rings. The molecule has 1 aliphatic carbocycles. The quantitative estimate of drug-likeness (QED) is 0.439. The highest BCUT2D eigenvalue weighted by Crippen LogP contribution is 2.34. The van der Waals surface area contributed by atoms with Crippen molar-refractivity contribution >= 4 is 17.6 Å². The highest BCUT2D eigenvalue weighted by atomic mass is 16.7. The first-order chi connectivity index (χ1) is 19.8. The van der Waals surface area contributed by atoms with E-state index in [4.69, 9.17) is 14.2 Å². The Morgan fingerprint density at radius 1 is 1.10 bits per heavy atom. The number of urea groups is 1. The summed E-state index contributed by atoms with van der Waals surface area (Å²) in [4.78, 5) is 30.3. The minimum absolute atomic E-state index is 0.000577. The number of aliphatic hydroxyl groups excluding tert-OH is 1. The molecule has 10 heteroatoms. The fraction of sp³-hybridized carbons (Fsp3) is 0.548. The molecule has 10 nitrogen and oxygen atoms in total. The standard InChI is InChI=1S/C31H42N4O6/c1-20-15-35(21(2)18-36)30(37)25-14-24(33-31(38)32-23-7-5-4-6-8-23)10-12-26(25)41-29(20)17-34(3)16-22-9-11-27-28(13-22)40-19-39-27/h9-14,20-21,23,29,36H,4-8,15-19H2,1-3H3,(H2,32,33,38)/t20-,21+,29+/m0/s1. The van der Waals surface area contributed by atoms with Gasteiger partial charge in [0, 0.05) is 37.3 Å². The van der Waals surface area contributed by atoms with E-state index < -0.39 is 0 Å². The van der Waals surface area contributed by atoms with Gasteiger partial charge < -0.3 is 34.9 Å². The Bertz CT molecular complexity index is 1230. The van der Waals surface area contributed by atoms with Crippen LogP contribution in [0.2, 0.25) is 0 Å². The van der Waals surface area contributed by atoms with E-state index in [2.05, 4.69) is 22.5 Å². The van der Waals surface area contributed by atoms with Crippen LogP contribution in [0.3, 0.4) is 0 Å². The second-order valence-electron chi connectivity index (χ2n) is 11.7. The molecule has 1 saturated carbocycles. The lowest BCUT2D eigenvalue weighted by atomic mass is 9.96. The highest BCUT2D eigenvalue weighted by molar-refractivity contribution is 5.99. The van der Waals surface area contributed by atoms with Crippen molar-refractivity contribution in [2.75, 3.05) is 38.9 Å². The Kier molecular flexibility index (Phi) is 9.19. The molecular weight excluding hydrogens is 524 g/mol. The monoisotopic (exact) mass is 566 g/mol. The average Bonchev–Trinajstić information content (AvgIpc) is 3.43. The highest BCUT2D eigenvalue weighted by Gasteiger charge is 2.33. The van der Waals surface area contributed by atoms with Gasteiger partial charge in [-0.2, -0.15) is 0 Å². The predicted molar refractivity (Wildman–Crippen MR) is 156 cm³/mol. The summed E-state index contributed by atoms with van der Waals surface area (Å²) in [6, 6.07) is 10.7. The Hall–Kier alpha value is -3.50. The number of amides is 3. The van der Waals surface area contributed by atoms with Gasteiger partial charge in [0.05, 0.1) is 18.2 Å². The van der Waals surface area contributed by atoms with E-state index in [1.54, 1.807) is 23.1 Å². The predicted octanol–water partition coefficient (Wildman–Crippen LogP) is 4.22. The first-order valence-corrected chi connectivity index (χ1v) is 14.7. The number of benzene rings is 2. The van der Waals surface area contributed by atoms with Gasteiger partial charge >= 0.3 is 6.03 Å². The van der Waals surface area contributed by atoms with Gasteiger partial charge in [-0.1, -0.05) is 32.3 Å². The van der Waals surface area contributed by atoms with Crippen molar-refractivity contribution in [1.29, 1.82) is 0 Å². The zero-order valence-corrected chi connectivity index (χ0v) is 24.2. The van der Waals surface area contributed by atoms with E-state index in [0.717, 1.165) is 42.7 Å². The Balaban J connectivity index is 1.32. The number of rotatable bonds is 8. The van der Waals surface area contributed by atoms with Crippen molar-refractivity contribution < 1.29 is 28.9 Å². The summed E-state index contributed by atoms with van der Waals surface area (Å²) in [5, 5.41) is 15.9. The lowest BCUT2D eigenvalue weighted by molar-refractivity contribution is 0.0341. The SMILES string of the molecule is C[C@H](CO)N1C[C@H](C)[C@@H](CN(C)Cc2ccc3c(c2)OCO3)Oc2ccc(NC(=O)NC3CCCCC3)cc2C1=O. The van der Waals surface area contributed by atoms with E-state index in [1.807, 2.05) is 32.2 Å². The van der Waals surface area contributed by atoms with Gasteiger partial charge in [-0.15, -0.1) is 0 Å². The zero-order valence-electron chi connectivity index (χ0n) is 24.2. The van der Waals surface area contributed by atoms with Gasteiger partial charge in [-0.25, -0.2) is 4.79 Å². The molecule has 0 spiro atoms. The van der Waals surface area contributed by atoms with Gasteiger partial charge in [0.25, 0.3) is 5.91 Å². The van der Waals surface area contributed by atoms with Gasteiger partial charge in [0.1, 0.15) is 11.9 Å². The van der Waals surface area contributed by atoms with Crippen molar-refractivity contribution in [3.63, 3.8) is 0 Å². The number of carbonyl (C=O) groups excluding carboxylic acids is 2. The van der Waals surface area contributed by atoms with Crippen LogP contribution in [-0.4, -0.2) is 78.6 Å². The van der Waals surface area contributed by atoms with Gasteiger partial charge in [0.2, 0.25) is 6.79 Å². The second-order valence-corrected chi connectivity index (χ2v) is 11.7. The maximum Gasteiger partial charge on any atom is 0.319 e. The lowest BCUT2D eigenvalue weighted by Gasteiger charge is -2.38. The molecule has 222 valence electrons. The summed E-state index contributed by atoms with van der Waals surface area (Å²) < 4.78 is 17.5. The van der Waals surface area contributed by atoms with Crippen LogP contribution < -0.4 is 24.8 Å². The molecule has 2 heterocycles. The molecule has 0 saturated heterocycles. The van der Waals surface area contributed by atoms with Crippen LogP contribution in [-0.2, 0) is 6.54 Å². The first-order valence-electron chi connectivity index (χ1n) is 14.7. The molecule has 3 N–H and O–H groups in total. The summed E-state index contributed by atoms with van der Waals surface area (Å²) in [5.41, 5.74) is 2.00. The summed E-state index contributed by atoms with van der Waals surface area (Å²) in [6.07, 6.45) is 5.22. The smallest absolute Gasteiger partial charge is 0.319 e. The van der Waals surface area contributed by atoms with Gasteiger partial charge in [0.15, 0.2) is 11.5 Å². The molecular formula is C31H42N4O6. The molecule has 5 rings (SSSR count). The lowest BCUT2D eigenvalue weighted by Crippen LogP contribution is -2.49. The molecule has 41 heavy (non-hydrogen) atoms. The number of hydrogen-bond donors (Lipinski definition) is 3. The number of carbonyl (C=O) groups is 2. The number of nitrogens with one attached hydrogen (secondary N) is 2. The maximum atomic E-state index is 13.7. The number of fused-ring (bicyclic) bond motifs is 2.